The topological polar surface area (TPSA) is 59.8 Å². The molecule has 162 valence electrons. The fourth-order valence-corrected chi connectivity index (χ4v) is 3.40. The zero-order valence-electron chi connectivity index (χ0n) is 15.6. The molecule has 1 N–H and O–H groups in total. The first-order valence-electron chi connectivity index (χ1n) is 9.12. The van der Waals surface area contributed by atoms with Crippen molar-refractivity contribution < 1.29 is 31.1 Å². The maximum absolute atomic E-state index is 12.9. The molecular formula is C20H14F6N4O. The smallest absolute Gasteiger partial charge is 0.344 e. The molecule has 0 saturated carbocycles. The summed E-state index contributed by atoms with van der Waals surface area (Å²) in [5, 5.41) is 6.95. The Kier molecular flexibility index (Phi) is 4.98. The Morgan fingerprint density at radius 1 is 1.03 bits per heavy atom. The molecule has 0 spiro atoms. The van der Waals surface area contributed by atoms with E-state index >= 15 is 0 Å². The Morgan fingerprint density at radius 3 is 2.52 bits per heavy atom. The van der Waals surface area contributed by atoms with Crippen LogP contribution in [-0.2, 0) is 18.9 Å². The van der Waals surface area contributed by atoms with Crippen LogP contribution in [0, 0.1) is 0 Å². The molecule has 5 nitrogen and oxygen atoms in total. The molecule has 11 heteroatoms. The van der Waals surface area contributed by atoms with Gasteiger partial charge < -0.3 is 5.32 Å². The van der Waals surface area contributed by atoms with Crippen molar-refractivity contribution in [3.8, 4) is 11.3 Å². The number of fused-ring (bicyclic) bond motifs is 1. The summed E-state index contributed by atoms with van der Waals surface area (Å²) in [4.78, 5) is 15.8. The van der Waals surface area contributed by atoms with Crippen LogP contribution in [0.5, 0.6) is 0 Å². The highest BCUT2D eigenvalue weighted by molar-refractivity contribution is 5.94. The van der Waals surface area contributed by atoms with E-state index in [1.54, 1.807) is 10.7 Å². The maximum Gasteiger partial charge on any atom is 0.433 e. The molecule has 0 saturated heterocycles. The lowest BCUT2D eigenvalue weighted by molar-refractivity contribution is -0.141. The summed E-state index contributed by atoms with van der Waals surface area (Å²) in [6, 6.07) is 7.36. The Hall–Kier alpha value is -3.37. The average Bonchev–Trinajstić information content (AvgIpc) is 3.29. The summed E-state index contributed by atoms with van der Waals surface area (Å²) in [6.45, 7) is 0.403. The van der Waals surface area contributed by atoms with Gasteiger partial charge in [0.15, 0.2) is 0 Å². The Balaban J connectivity index is 1.55. The van der Waals surface area contributed by atoms with E-state index < -0.39 is 35.6 Å². The predicted octanol–water partition coefficient (Wildman–Crippen LogP) is 4.86. The monoisotopic (exact) mass is 440 g/mol. The van der Waals surface area contributed by atoms with Crippen molar-refractivity contribution in [2.45, 2.75) is 31.4 Å². The van der Waals surface area contributed by atoms with E-state index in [9.17, 15) is 31.1 Å². The van der Waals surface area contributed by atoms with Crippen molar-refractivity contribution in [2.24, 2.45) is 0 Å². The fraction of sp³-hybridized carbons (Fsp3) is 0.250. The van der Waals surface area contributed by atoms with Crippen molar-refractivity contribution in [2.75, 3.05) is 0 Å². The summed E-state index contributed by atoms with van der Waals surface area (Å²) < 4.78 is 78.9. The number of aryl methyl sites for hydroxylation is 1. The number of hydrogen-bond acceptors (Lipinski definition) is 3. The van der Waals surface area contributed by atoms with Crippen LogP contribution < -0.4 is 5.32 Å². The van der Waals surface area contributed by atoms with Crippen molar-refractivity contribution in [1.29, 1.82) is 0 Å². The van der Waals surface area contributed by atoms with Gasteiger partial charge in [-0.25, -0.2) is 0 Å². The number of nitrogens with one attached hydrogen (secondary N) is 1. The highest BCUT2D eigenvalue weighted by atomic mass is 19.4. The number of pyridine rings is 1. The average molecular weight is 440 g/mol. The van der Waals surface area contributed by atoms with Gasteiger partial charge in [0.05, 0.1) is 23.0 Å². The van der Waals surface area contributed by atoms with Crippen LogP contribution in [0.3, 0.4) is 0 Å². The summed E-state index contributed by atoms with van der Waals surface area (Å²) in [5.74, 6) is -0.685. The van der Waals surface area contributed by atoms with Gasteiger partial charge in [-0.15, -0.1) is 0 Å². The van der Waals surface area contributed by atoms with Crippen LogP contribution in [0.15, 0.2) is 48.7 Å². The van der Waals surface area contributed by atoms with Crippen LogP contribution >= 0.6 is 0 Å². The Morgan fingerprint density at radius 2 is 1.81 bits per heavy atom. The van der Waals surface area contributed by atoms with Crippen molar-refractivity contribution in [3.63, 3.8) is 0 Å². The highest BCUT2D eigenvalue weighted by Gasteiger charge is 2.34. The molecule has 0 fully saturated rings. The van der Waals surface area contributed by atoms with Crippen LogP contribution in [0.4, 0.5) is 26.3 Å². The second kappa shape index (κ2) is 7.40. The number of carbonyl (C=O) groups excluding carboxylic acids is 1. The number of carbonyl (C=O) groups is 1. The fourth-order valence-electron chi connectivity index (χ4n) is 3.40. The van der Waals surface area contributed by atoms with Crippen molar-refractivity contribution in [3.05, 3.63) is 71.2 Å². The molecular weight excluding hydrogens is 426 g/mol. The molecule has 0 aliphatic carbocycles. The second-order valence-corrected chi connectivity index (χ2v) is 7.00. The molecule has 31 heavy (non-hydrogen) atoms. The van der Waals surface area contributed by atoms with Crippen molar-refractivity contribution in [1.82, 2.24) is 20.1 Å². The summed E-state index contributed by atoms with van der Waals surface area (Å²) in [5.41, 5.74) is -1.07. The van der Waals surface area contributed by atoms with Crippen LogP contribution in [0.25, 0.3) is 11.3 Å². The van der Waals surface area contributed by atoms with Gasteiger partial charge in [-0.1, -0.05) is 6.07 Å². The molecule has 3 aromatic rings. The van der Waals surface area contributed by atoms with Gasteiger partial charge >= 0.3 is 12.4 Å². The number of benzene rings is 1. The van der Waals surface area contributed by atoms with Gasteiger partial charge in [-0.2, -0.15) is 31.4 Å². The van der Waals surface area contributed by atoms with Crippen LogP contribution in [-0.4, -0.2) is 20.7 Å². The lowest BCUT2D eigenvalue weighted by Crippen LogP contribution is -2.27. The zero-order chi connectivity index (χ0) is 22.4. The number of aromatic nitrogens is 3. The molecule has 1 unspecified atom stereocenters. The quantitative estimate of drug-likeness (QED) is 0.592. The van der Waals surface area contributed by atoms with Gasteiger partial charge in [0.2, 0.25) is 0 Å². The molecule has 1 aliphatic rings. The lowest BCUT2D eigenvalue weighted by Gasteiger charge is -2.13. The standard InChI is InChI=1S/C20H14F6N4O/c21-19(22,23)13-3-1-2-12(8-13)18(31)28-14-5-7-30-16(14)10-15(29-30)11-4-6-27-17(9-11)20(24,25)26/h1-4,6,8-10,14H,5,7H2,(H,28,31). The second-order valence-electron chi connectivity index (χ2n) is 7.00. The Bertz CT molecular complexity index is 1140. The minimum absolute atomic E-state index is 0.142. The molecule has 1 aliphatic heterocycles. The minimum atomic E-state index is -4.60. The molecule has 0 radical (unpaired) electrons. The minimum Gasteiger partial charge on any atom is -0.344 e. The summed E-state index contributed by atoms with van der Waals surface area (Å²) >= 11 is 0. The summed E-state index contributed by atoms with van der Waals surface area (Å²) in [7, 11) is 0. The number of halogens is 6. The number of amides is 1. The third-order valence-electron chi connectivity index (χ3n) is 4.90. The molecule has 0 bridgehead atoms. The van der Waals surface area contributed by atoms with Gasteiger partial charge in [0, 0.05) is 23.9 Å². The predicted molar refractivity (Wildman–Crippen MR) is 96.7 cm³/mol. The molecule has 3 heterocycles. The first-order valence-corrected chi connectivity index (χ1v) is 9.12. The van der Waals surface area contributed by atoms with Crippen LogP contribution in [0.1, 0.15) is 39.8 Å². The third kappa shape index (κ3) is 4.25. The van der Waals surface area contributed by atoms with E-state index in [0.29, 0.717) is 18.7 Å². The normalized spacial score (nSPS) is 16.3. The van der Waals surface area contributed by atoms with E-state index in [1.165, 1.54) is 12.1 Å². The molecule has 4 rings (SSSR count). The van der Waals surface area contributed by atoms with Crippen molar-refractivity contribution >= 4 is 5.91 Å². The zero-order valence-corrected chi connectivity index (χ0v) is 15.6. The third-order valence-corrected chi connectivity index (χ3v) is 4.90. The van der Waals surface area contributed by atoms with E-state index in [1.807, 2.05) is 0 Å². The van der Waals surface area contributed by atoms with Crippen LogP contribution in [0.2, 0.25) is 0 Å². The van der Waals surface area contributed by atoms with E-state index in [0.717, 1.165) is 30.5 Å². The molecule has 1 atom stereocenters. The van der Waals surface area contributed by atoms with E-state index in [2.05, 4.69) is 15.4 Å². The first kappa shape index (κ1) is 20.9. The summed E-state index contributed by atoms with van der Waals surface area (Å²) in [6.07, 6.45) is -7.68. The first-order chi connectivity index (χ1) is 14.5. The highest BCUT2D eigenvalue weighted by Crippen LogP contribution is 2.34. The van der Waals surface area contributed by atoms with Gasteiger partial charge in [-0.05, 0) is 42.8 Å². The molecule has 1 amide bonds. The molecule has 1 aromatic carbocycles. The van der Waals surface area contributed by atoms with Gasteiger partial charge in [-0.3, -0.25) is 14.5 Å². The van der Waals surface area contributed by atoms with Gasteiger partial charge in [0.25, 0.3) is 5.91 Å². The number of alkyl halides is 6. The number of nitrogens with zero attached hydrogens (tertiary/aromatic N) is 3. The van der Waals surface area contributed by atoms with E-state index in [4.69, 9.17) is 0 Å². The SMILES string of the molecule is O=C(NC1CCn2nc(-c3ccnc(C(F)(F)F)c3)cc21)c1cccc(C(F)(F)F)c1. The largest absolute Gasteiger partial charge is 0.433 e. The maximum atomic E-state index is 12.9. The Labute approximate surface area is 171 Å². The number of hydrogen-bond donors (Lipinski definition) is 1. The van der Waals surface area contributed by atoms with E-state index in [-0.39, 0.29) is 16.8 Å². The van der Waals surface area contributed by atoms with Gasteiger partial charge in [0.1, 0.15) is 5.69 Å². The molecule has 2 aromatic heterocycles. The number of rotatable bonds is 3. The lowest BCUT2D eigenvalue weighted by atomic mass is 10.1.